The van der Waals surface area contributed by atoms with Crippen LogP contribution in [0.4, 0.5) is 0 Å². The second-order valence-corrected chi connectivity index (χ2v) is 5.91. The first-order valence-electron chi connectivity index (χ1n) is 8.43. The molecule has 2 N–H and O–H groups in total. The van der Waals surface area contributed by atoms with E-state index in [0.717, 1.165) is 30.9 Å². The van der Waals surface area contributed by atoms with Gasteiger partial charge in [0.25, 0.3) is 0 Å². The zero-order valence-electron chi connectivity index (χ0n) is 14.7. The zero-order chi connectivity index (χ0) is 17.4. The molecule has 0 aliphatic carbocycles. The van der Waals surface area contributed by atoms with E-state index in [0.29, 0.717) is 18.4 Å². The Morgan fingerprint density at radius 3 is 2.42 bits per heavy atom. The highest BCUT2D eigenvalue weighted by atomic mass is 16.5. The lowest BCUT2D eigenvalue weighted by atomic mass is 10.1. The summed E-state index contributed by atoms with van der Waals surface area (Å²) in [5.74, 6) is 1.87. The van der Waals surface area contributed by atoms with Gasteiger partial charge in [-0.25, -0.2) is 0 Å². The van der Waals surface area contributed by atoms with E-state index in [-0.39, 0.29) is 0 Å². The summed E-state index contributed by atoms with van der Waals surface area (Å²) >= 11 is 0. The molecule has 0 amide bonds. The zero-order valence-corrected chi connectivity index (χ0v) is 14.7. The number of aryl methyl sites for hydroxylation is 1. The minimum atomic E-state index is 0.314. The number of phenolic OH excluding ortho intramolecular Hbond substituents is 1. The fourth-order valence-corrected chi connectivity index (χ4v) is 2.54. The van der Waals surface area contributed by atoms with Crippen LogP contribution >= 0.6 is 0 Å². The van der Waals surface area contributed by atoms with Crippen molar-refractivity contribution in [2.24, 2.45) is 0 Å². The maximum Gasteiger partial charge on any atom is 0.161 e. The predicted molar refractivity (Wildman–Crippen MR) is 96.9 cm³/mol. The highest BCUT2D eigenvalue weighted by Crippen LogP contribution is 2.28. The maximum atomic E-state index is 9.31. The molecule has 2 aromatic rings. The Bertz CT molecular complexity index is 625. The van der Waals surface area contributed by atoms with E-state index in [1.807, 2.05) is 31.2 Å². The first-order chi connectivity index (χ1) is 11.6. The van der Waals surface area contributed by atoms with Gasteiger partial charge < -0.3 is 19.9 Å². The molecule has 0 aromatic heterocycles. The minimum Gasteiger partial charge on any atom is -0.508 e. The van der Waals surface area contributed by atoms with Gasteiger partial charge >= 0.3 is 0 Å². The van der Waals surface area contributed by atoms with Gasteiger partial charge in [0.2, 0.25) is 0 Å². The van der Waals surface area contributed by atoms with E-state index in [9.17, 15) is 5.11 Å². The first-order valence-corrected chi connectivity index (χ1v) is 8.43. The van der Waals surface area contributed by atoms with Crippen molar-refractivity contribution in [3.05, 3.63) is 53.6 Å². The van der Waals surface area contributed by atoms with E-state index in [2.05, 4.69) is 18.3 Å². The third-order valence-corrected chi connectivity index (χ3v) is 3.98. The lowest BCUT2D eigenvalue weighted by molar-refractivity contribution is 0.310. The molecule has 1 atom stereocenters. The molecule has 4 nitrogen and oxygen atoms in total. The molecular formula is C20H27NO3. The van der Waals surface area contributed by atoms with Gasteiger partial charge in [-0.1, -0.05) is 18.2 Å². The summed E-state index contributed by atoms with van der Waals surface area (Å²) in [6.45, 7) is 5.57. The number of aromatic hydroxyl groups is 1. The van der Waals surface area contributed by atoms with Crippen molar-refractivity contribution in [2.75, 3.05) is 13.7 Å². The van der Waals surface area contributed by atoms with Crippen LogP contribution in [0.15, 0.2) is 42.5 Å². The number of methoxy groups -OCH3 is 1. The average molecular weight is 329 g/mol. The van der Waals surface area contributed by atoms with E-state index >= 15 is 0 Å². The maximum absolute atomic E-state index is 9.31. The van der Waals surface area contributed by atoms with Gasteiger partial charge in [0.1, 0.15) is 5.75 Å². The number of ether oxygens (including phenoxy) is 2. The normalized spacial score (nSPS) is 12.0. The number of benzene rings is 2. The van der Waals surface area contributed by atoms with Crippen LogP contribution in [0.5, 0.6) is 17.2 Å². The highest BCUT2D eigenvalue weighted by Gasteiger charge is 2.07. The molecule has 0 saturated heterocycles. The summed E-state index contributed by atoms with van der Waals surface area (Å²) in [7, 11) is 1.65. The lowest BCUT2D eigenvalue weighted by Crippen LogP contribution is -2.26. The second-order valence-electron chi connectivity index (χ2n) is 5.91. The summed E-state index contributed by atoms with van der Waals surface area (Å²) in [6.07, 6.45) is 2.03. The topological polar surface area (TPSA) is 50.7 Å². The molecule has 0 radical (unpaired) electrons. The molecule has 24 heavy (non-hydrogen) atoms. The number of hydrogen-bond donors (Lipinski definition) is 2. The molecule has 0 aliphatic heterocycles. The SMILES string of the molecule is CCOc1cc(CNC(C)CCc2ccc(O)cc2)ccc1OC. The molecule has 0 bridgehead atoms. The third-order valence-electron chi connectivity index (χ3n) is 3.98. The Morgan fingerprint density at radius 2 is 1.75 bits per heavy atom. The van der Waals surface area contributed by atoms with Gasteiger partial charge in [-0.3, -0.25) is 0 Å². The van der Waals surface area contributed by atoms with E-state index in [1.165, 1.54) is 11.1 Å². The van der Waals surface area contributed by atoms with Crippen LogP contribution in [0.1, 0.15) is 31.4 Å². The third kappa shape index (κ3) is 5.46. The van der Waals surface area contributed by atoms with Crippen molar-refractivity contribution in [3.8, 4) is 17.2 Å². The quantitative estimate of drug-likeness (QED) is 0.732. The van der Waals surface area contributed by atoms with Crippen molar-refractivity contribution >= 4 is 0 Å². The largest absolute Gasteiger partial charge is 0.508 e. The van der Waals surface area contributed by atoms with Gasteiger partial charge in [-0.05, 0) is 62.1 Å². The van der Waals surface area contributed by atoms with Crippen molar-refractivity contribution in [1.82, 2.24) is 5.32 Å². The molecule has 1 unspecified atom stereocenters. The Hall–Kier alpha value is -2.20. The summed E-state index contributed by atoms with van der Waals surface area (Å²) < 4.78 is 10.9. The molecule has 2 aromatic carbocycles. The van der Waals surface area contributed by atoms with Gasteiger partial charge in [-0.15, -0.1) is 0 Å². The van der Waals surface area contributed by atoms with E-state index in [4.69, 9.17) is 9.47 Å². The molecule has 0 saturated carbocycles. The molecule has 2 rings (SSSR count). The van der Waals surface area contributed by atoms with Crippen molar-refractivity contribution < 1.29 is 14.6 Å². The average Bonchev–Trinajstić information content (AvgIpc) is 2.60. The molecule has 4 heteroatoms. The van der Waals surface area contributed by atoms with Gasteiger partial charge in [0.15, 0.2) is 11.5 Å². The van der Waals surface area contributed by atoms with Crippen LogP contribution in [0.3, 0.4) is 0 Å². The predicted octanol–water partition coefficient (Wildman–Crippen LogP) is 3.91. The smallest absolute Gasteiger partial charge is 0.161 e. The van der Waals surface area contributed by atoms with Crippen LogP contribution in [0, 0.1) is 0 Å². The second kappa shape index (κ2) is 9.18. The van der Waals surface area contributed by atoms with Crippen molar-refractivity contribution in [1.29, 1.82) is 0 Å². The van der Waals surface area contributed by atoms with Crippen molar-refractivity contribution in [2.45, 2.75) is 39.3 Å². The molecule has 0 spiro atoms. The summed E-state index contributed by atoms with van der Waals surface area (Å²) in [4.78, 5) is 0. The molecule has 0 fully saturated rings. The fourth-order valence-electron chi connectivity index (χ4n) is 2.54. The summed E-state index contributed by atoms with van der Waals surface area (Å²) in [5.41, 5.74) is 2.42. The van der Waals surface area contributed by atoms with Gasteiger partial charge in [-0.2, -0.15) is 0 Å². The highest BCUT2D eigenvalue weighted by molar-refractivity contribution is 5.42. The minimum absolute atomic E-state index is 0.314. The van der Waals surface area contributed by atoms with Crippen molar-refractivity contribution in [3.63, 3.8) is 0 Å². The number of hydrogen-bond acceptors (Lipinski definition) is 4. The Morgan fingerprint density at radius 1 is 1.04 bits per heavy atom. The Labute approximate surface area is 144 Å². The molecule has 130 valence electrons. The van der Waals surface area contributed by atoms with Crippen LogP contribution in [-0.2, 0) is 13.0 Å². The fraction of sp³-hybridized carbons (Fsp3) is 0.400. The van der Waals surface area contributed by atoms with Gasteiger partial charge in [0, 0.05) is 12.6 Å². The van der Waals surface area contributed by atoms with Crippen LogP contribution in [0.25, 0.3) is 0 Å². The molecule has 0 aliphatic rings. The van der Waals surface area contributed by atoms with Crippen LogP contribution in [0.2, 0.25) is 0 Å². The molecular weight excluding hydrogens is 302 g/mol. The standard InChI is InChI=1S/C20H27NO3/c1-4-24-20-13-17(9-12-19(20)23-3)14-21-15(2)5-6-16-7-10-18(22)11-8-16/h7-13,15,21-22H,4-6,14H2,1-3H3. The van der Waals surface area contributed by atoms with Crippen LogP contribution < -0.4 is 14.8 Å². The summed E-state index contributed by atoms with van der Waals surface area (Å²) in [5, 5.41) is 12.9. The lowest BCUT2D eigenvalue weighted by Gasteiger charge is -2.15. The van der Waals surface area contributed by atoms with E-state index < -0.39 is 0 Å². The number of nitrogens with one attached hydrogen (secondary N) is 1. The number of rotatable bonds is 9. The summed E-state index contributed by atoms with van der Waals surface area (Å²) in [6, 6.07) is 13.8. The first kappa shape index (κ1) is 18.1. The van der Waals surface area contributed by atoms with Crippen LogP contribution in [-0.4, -0.2) is 24.9 Å². The van der Waals surface area contributed by atoms with E-state index in [1.54, 1.807) is 19.2 Å². The molecule has 0 heterocycles. The number of phenols is 1. The van der Waals surface area contributed by atoms with Gasteiger partial charge in [0.05, 0.1) is 13.7 Å². The Balaban J connectivity index is 1.83. The Kier molecular flexibility index (Phi) is 6.94. The monoisotopic (exact) mass is 329 g/mol.